The Morgan fingerprint density at radius 3 is 2.26 bits per heavy atom. The van der Waals surface area contributed by atoms with Crippen molar-refractivity contribution in [2.45, 2.75) is 24.6 Å². The van der Waals surface area contributed by atoms with E-state index in [1.54, 1.807) is 0 Å². The van der Waals surface area contributed by atoms with Gasteiger partial charge in [0.25, 0.3) is 5.78 Å². The summed E-state index contributed by atoms with van der Waals surface area (Å²) in [6, 6.07) is 6.31. The highest BCUT2D eigenvalue weighted by atomic mass is 19.4. The highest BCUT2D eigenvalue weighted by molar-refractivity contribution is 6.33. The molecule has 9 heteroatoms. The Labute approximate surface area is 127 Å². The summed E-state index contributed by atoms with van der Waals surface area (Å²) in [5.74, 6) is -7.67. The van der Waals surface area contributed by atoms with Crippen LogP contribution >= 0.6 is 0 Å². The summed E-state index contributed by atoms with van der Waals surface area (Å²) >= 11 is 0. The molecule has 1 saturated carbocycles. The molecule has 2 unspecified atom stereocenters. The molecular weight excluding hydrogens is 319 g/mol. The number of carbonyl (C=O) groups excluding carboxylic acids is 3. The molecule has 0 N–H and O–H groups in total. The second-order valence-corrected chi connectivity index (χ2v) is 5.08. The summed E-state index contributed by atoms with van der Waals surface area (Å²) in [5, 5.41) is 11.4. The summed E-state index contributed by atoms with van der Waals surface area (Å²) in [7, 11) is 0. The van der Waals surface area contributed by atoms with Crippen molar-refractivity contribution in [3.05, 3.63) is 46.0 Å². The van der Waals surface area contributed by atoms with Gasteiger partial charge in [0, 0.05) is 12.0 Å². The number of hydrogen-bond donors (Lipinski definition) is 0. The normalized spacial score (nSPS) is 25.3. The van der Waals surface area contributed by atoms with Crippen molar-refractivity contribution in [1.82, 2.24) is 0 Å². The van der Waals surface area contributed by atoms with Gasteiger partial charge in [0.2, 0.25) is 11.6 Å². The Morgan fingerprint density at radius 2 is 1.78 bits per heavy atom. The lowest BCUT2D eigenvalue weighted by Crippen LogP contribution is -2.65. The number of hydrogen-bond acceptors (Lipinski definition) is 5. The van der Waals surface area contributed by atoms with E-state index < -0.39 is 52.7 Å². The first-order valence-electron chi connectivity index (χ1n) is 6.52. The lowest BCUT2D eigenvalue weighted by molar-refractivity contribution is -0.519. The van der Waals surface area contributed by atoms with Crippen molar-refractivity contribution < 1.29 is 32.5 Å². The minimum atomic E-state index is -5.06. The van der Waals surface area contributed by atoms with Crippen LogP contribution in [-0.4, -0.2) is 34.0 Å². The first-order chi connectivity index (χ1) is 10.6. The number of Topliss-reactive ketones (excluding diaryl/α,β-unsaturated/α-hetero) is 3. The van der Waals surface area contributed by atoms with Crippen LogP contribution < -0.4 is 0 Å². The Bertz CT molecular complexity index is 685. The van der Waals surface area contributed by atoms with Gasteiger partial charge in [-0.2, -0.15) is 13.2 Å². The third kappa shape index (κ3) is 2.51. The number of halogens is 3. The summed E-state index contributed by atoms with van der Waals surface area (Å²) in [5.41, 5.74) is -3.89. The monoisotopic (exact) mass is 329 g/mol. The fraction of sp³-hybridized carbons (Fsp3) is 0.357. The van der Waals surface area contributed by atoms with Crippen LogP contribution in [0.1, 0.15) is 23.2 Å². The van der Waals surface area contributed by atoms with Crippen molar-refractivity contribution in [3.8, 4) is 0 Å². The van der Waals surface area contributed by atoms with Gasteiger partial charge in [0.1, 0.15) is 5.92 Å². The third-order valence-electron chi connectivity index (χ3n) is 3.77. The molecule has 1 fully saturated rings. The van der Waals surface area contributed by atoms with Crippen molar-refractivity contribution in [2.75, 3.05) is 0 Å². The minimum Gasteiger partial charge on any atom is -0.291 e. The summed E-state index contributed by atoms with van der Waals surface area (Å²) in [6.45, 7) is 0. The molecule has 0 aromatic heterocycles. The smallest absolute Gasteiger partial charge is 0.291 e. The molecule has 6 nitrogen and oxygen atoms in total. The number of alkyl halides is 3. The highest BCUT2D eigenvalue weighted by Gasteiger charge is 2.71. The molecule has 1 aromatic carbocycles. The van der Waals surface area contributed by atoms with Crippen LogP contribution in [0.5, 0.6) is 0 Å². The molecule has 2 atom stereocenters. The van der Waals surface area contributed by atoms with Crippen LogP contribution in [0, 0.1) is 16.0 Å². The SMILES string of the molecule is O=C1CCC(C(F)(F)F)C(=O)C1(C(=O)c1ccccc1)[N+](=O)[O-]. The van der Waals surface area contributed by atoms with Crippen molar-refractivity contribution >= 4 is 17.3 Å². The Morgan fingerprint density at radius 1 is 1.22 bits per heavy atom. The van der Waals surface area contributed by atoms with E-state index in [1.165, 1.54) is 18.2 Å². The van der Waals surface area contributed by atoms with Gasteiger partial charge in [-0.1, -0.05) is 30.3 Å². The quantitative estimate of drug-likeness (QED) is 0.366. The Kier molecular flexibility index (Phi) is 4.06. The van der Waals surface area contributed by atoms with Crippen LogP contribution in [0.2, 0.25) is 0 Å². The average Bonchev–Trinajstić information content (AvgIpc) is 2.46. The fourth-order valence-electron chi connectivity index (χ4n) is 2.60. The lowest BCUT2D eigenvalue weighted by atomic mass is 9.70. The van der Waals surface area contributed by atoms with Gasteiger partial charge >= 0.3 is 11.7 Å². The van der Waals surface area contributed by atoms with E-state index in [-0.39, 0.29) is 5.56 Å². The fourth-order valence-corrected chi connectivity index (χ4v) is 2.60. The lowest BCUT2D eigenvalue weighted by Gasteiger charge is -2.31. The number of benzene rings is 1. The molecule has 0 bridgehead atoms. The van der Waals surface area contributed by atoms with Crippen LogP contribution in [0.15, 0.2) is 30.3 Å². The molecule has 1 aromatic rings. The Hall–Kier alpha value is -2.58. The molecule has 2 rings (SSSR count). The molecule has 1 aliphatic rings. The van der Waals surface area contributed by atoms with E-state index in [1.807, 2.05) is 0 Å². The zero-order valence-electron chi connectivity index (χ0n) is 11.5. The predicted octanol–water partition coefficient (Wildman–Crippen LogP) is 2.00. The van der Waals surface area contributed by atoms with E-state index in [4.69, 9.17) is 0 Å². The summed E-state index contributed by atoms with van der Waals surface area (Å²) < 4.78 is 38.8. The molecular formula is C14H10F3NO5. The van der Waals surface area contributed by atoms with Gasteiger partial charge < -0.3 is 0 Å². The summed E-state index contributed by atoms with van der Waals surface area (Å²) in [4.78, 5) is 46.4. The number of rotatable bonds is 3. The number of ketones is 3. The first kappa shape index (κ1) is 16.8. The molecule has 1 aliphatic carbocycles. The second kappa shape index (κ2) is 5.56. The standard InChI is InChI=1S/C14H10F3NO5/c15-14(16,17)9-6-7-10(19)13(12(9)21,18(22)23)11(20)8-4-2-1-3-5-8/h1-5,9H,6-7H2. The van der Waals surface area contributed by atoms with E-state index >= 15 is 0 Å². The molecule has 23 heavy (non-hydrogen) atoms. The molecule has 0 amide bonds. The largest absolute Gasteiger partial charge is 0.398 e. The van der Waals surface area contributed by atoms with Gasteiger partial charge in [-0.3, -0.25) is 24.5 Å². The van der Waals surface area contributed by atoms with Gasteiger partial charge in [0.15, 0.2) is 0 Å². The number of nitrogens with zero attached hydrogens (tertiary/aromatic N) is 1. The maximum absolute atomic E-state index is 12.9. The van der Waals surface area contributed by atoms with Crippen LogP contribution in [-0.2, 0) is 9.59 Å². The van der Waals surface area contributed by atoms with Crippen molar-refractivity contribution in [3.63, 3.8) is 0 Å². The van der Waals surface area contributed by atoms with Crippen LogP contribution in [0.3, 0.4) is 0 Å². The molecule has 0 heterocycles. The molecule has 122 valence electrons. The summed E-state index contributed by atoms with van der Waals surface area (Å²) in [6.07, 6.45) is -6.82. The van der Waals surface area contributed by atoms with Crippen LogP contribution in [0.25, 0.3) is 0 Å². The zero-order valence-corrected chi connectivity index (χ0v) is 11.5. The van der Waals surface area contributed by atoms with E-state index in [0.717, 1.165) is 12.1 Å². The van der Waals surface area contributed by atoms with E-state index in [2.05, 4.69) is 0 Å². The predicted molar refractivity (Wildman–Crippen MR) is 69.3 cm³/mol. The molecule has 0 spiro atoms. The third-order valence-corrected chi connectivity index (χ3v) is 3.77. The molecule has 0 aliphatic heterocycles. The van der Waals surface area contributed by atoms with Gasteiger partial charge in [-0.25, -0.2) is 0 Å². The average molecular weight is 329 g/mol. The number of nitro groups is 1. The topological polar surface area (TPSA) is 94.3 Å². The van der Waals surface area contributed by atoms with E-state index in [9.17, 15) is 37.7 Å². The van der Waals surface area contributed by atoms with E-state index in [0.29, 0.717) is 0 Å². The van der Waals surface area contributed by atoms with Gasteiger partial charge in [-0.15, -0.1) is 0 Å². The first-order valence-corrected chi connectivity index (χ1v) is 6.52. The minimum absolute atomic E-state index is 0.367. The maximum atomic E-state index is 12.9. The van der Waals surface area contributed by atoms with Gasteiger partial charge in [0.05, 0.1) is 4.92 Å². The highest BCUT2D eigenvalue weighted by Crippen LogP contribution is 2.40. The maximum Gasteiger partial charge on any atom is 0.398 e. The van der Waals surface area contributed by atoms with Crippen molar-refractivity contribution in [1.29, 1.82) is 0 Å². The Balaban J connectivity index is 2.62. The second-order valence-electron chi connectivity index (χ2n) is 5.08. The van der Waals surface area contributed by atoms with Crippen molar-refractivity contribution in [2.24, 2.45) is 5.92 Å². The number of carbonyl (C=O) groups is 3. The zero-order chi connectivity index (χ0) is 17.4. The molecule has 0 saturated heterocycles. The van der Waals surface area contributed by atoms with Crippen LogP contribution in [0.4, 0.5) is 13.2 Å². The van der Waals surface area contributed by atoms with Gasteiger partial charge in [-0.05, 0) is 6.42 Å². The molecule has 0 radical (unpaired) electrons.